The van der Waals surface area contributed by atoms with E-state index in [1.807, 2.05) is 6.92 Å². The molecular weight excluding hydrogens is 292 g/mol. The SMILES string of the molecule is CC(CC1CC1)NC(=O)N(CC(=O)O)c1cccc(Cl)c1. The first kappa shape index (κ1) is 15.6. The minimum Gasteiger partial charge on any atom is -0.480 e. The van der Waals surface area contributed by atoms with Gasteiger partial charge in [-0.05, 0) is 37.5 Å². The lowest BCUT2D eigenvalue weighted by Crippen LogP contribution is -2.46. The molecule has 2 N–H and O–H groups in total. The van der Waals surface area contributed by atoms with Crippen molar-refractivity contribution in [1.82, 2.24) is 5.32 Å². The van der Waals surface area contributed by atoms with E-state index in [2.05, 4.69) is 5.32 Å². The van der Waals surface area contributed by atoms with E-state index in [1.54, 1.807) is 24.3 Å². The molecule has 1 saturated carbocycles. The number of aliphatic carboxylic acids is 1. The molecule has 1 fully saturated rings. The molecular formula is C15H19ClN2O3. The number of urea groups is 1. The minimum atomic E-state index is -1.07. The quantitative estimate of drug-likeness (QED) is 0.848. The first-order chi connectivity index (χ1) is 9.95. The number of halogens is 1. The number of nitrogens with one attached hydrogen (secondary N) is 1. The van der Waals surface area contributed by atoms with Crippen molar-refractivity contribution in [3.05, 3.63) is 29.3 Å². The number of hydrogen-bond acceptors (Lipinski definition) is 2. The van der Waals surface area contributed by atoms with Gasteiger partial charge in [-0.2, -0.15) is 0 Å². The summed E-state index contributed by atoms with van der Waals surface area (Å²) in [6.45, 7) is 1.54. The smallest absolute Gasteiger partial charge is 0.323 e. The van der Waals surface area contributed by atoms with Crippen LogP contribution in [0.3, 0.4) is 0 Å². The number of nitrogens with zero attached hydrogens (tertiary/aromatic N) is 1. The minimum absolute atomic E-state index is 0.0282. The van der Waals surface area contributed by atoms with Crippen LogP contribution in [0.4, 0.5) is 10.5 Å². The molecule has 114 valence electrons. The lowest BCUT2D eigenvalue weighted by molar-refractivity contribution is -0.135. The van der Waals surface area contributed by atoms with Crippen LogP contribution in [0, 0.1) is 5.92 Å². The molecule has 2 amide bonds. The standard InChI is InChI=1S/C15H19ClN2O3/c1-10(7-11-5-6-11)17-15(21)18(9-14(19)20)13-4-2-3-12(16)8-13/h2-4,8,10-11H,5-7,9H2,1H3,(H,17,21)(H,19,20). The molecule has 2 rings (SSSR count). The van der Waals surface area contributed by atoms with Crippen LogP contribution in [0.25, 0.3) is 0 Å². The zero-order chi connectivity index (χ0) is 15.4. The highest BCUT2D eigenvalue weighted by Gasteiger charge is 2.26. The van der Waals surface area contributed by atoms with Gasteiger partial charge in [0.2, 0.25) is 0 Å². The second-order valence-electron chi connectivity index (χ2n) is 5.49. The van der Waals surface area contributed by atoms with Crippen molar-refractivity contribution >= 4 is 29.3 Å². The first-order valence-corrected chi connectivity index (χ1v) is 7.39. The highest BCUT2D eigenvalue weighted by Crippen LogP contribution is 2.33. The fourth-order valence-electron chi connectivity index (χ4n) is 2.26. The molecule has 0 bridgehead atoms. The van der Waals surface area contributed by atoms with Crippen LogP contribution < -0.4 is 10.2 Å². The summed E-state index contributed by atoms with van der Waals surface area (Å²) in [7, 11) is 0. The first-order valence-electron chi connectivity index (χ1n) is 7.01. The van der Waals surface area contributed by atoms with Crippen LogP contribution in [0.1, 0.15) is 26.2 Å². The Morgan fingerprint density at radius 2 is 2.19 bits per heavy atom. The van der Waals surface area contributed by atoms with E-state index in [-0.39, 0.29) is 6.04 Å². The van der Waals surface area contributed by atoms with Gasteiger partial charge in [0.15, 0.2) is 0 Å². The van der Waals surface area contributed by atoms with Crippen molar-refractivity contribution < 1.29 is 14.7 Å². The van der Waals surface area contributed by atoms with Gasteiger partial charge in [0.25, 0.3) is 0 Å². The van der Waals surface area contributed by atoms with E-state index < -0.39 is 18.5 Å². The van der Waals surface area contributed by atoms with Crippen LogP contribution in [-0.4, -0.2) is 29.7 Å². The molecule has 5 nitrogen and oxygen atoms in total. The number of hydrogen-bond donors (Lipinski definition) is 2. The summed E-state index contributed by atoms with van der Waals surface area (Å²) in [5.74, 6) is -0.376. The van der Waals surface area contributed by atoms with Gasteiger partial charge in [0, 0.05) is 16.8 Å². The maximum Gasteiger partial charge on any atom is 0.323 e. The third kappa shape index (κ3) is 4.93. The molecule has 1 aromatic carbocycles. The third-order valence-corrected chi connectivity index (χ3v) is 3.65. The van der Waals surface area contributed by atoms with Crippen LogP contribution in [0.5, 0.6) is 0 Å². The van der Waals surface area contributed by atoms with Gasteiger partial charge in [-0.1, -0.05) is 30.5 Å². The molecule has 1 atom stereocenters. The highest BCUT2D eigenvalue weighted by molar-refractivity contribution is 6.30. The zero-order valence-electron chi connectivity index (χ0n) is 11.9. The summed E-state index contributed by atoms with van der Waals surface area (Å²) in [6.07, 6.45) is 3.36. The number of carbonyl (C=O) groups excluding carboxylic acids is 1. The Labute approximate surface area is 128 Å². The molecule has 6 heteroatoms. The number of anilines is 1. The van der Waals surface area contributed by atoms with Crippen LogP contribution in [0.2, 0.25) is 5.02 Å². The molecule has 1 aromatic rings. The van der Waals surface area contributed by atoms with E-state index >= 15 is 0 Å². The predicted octanol–water partition coefficient (Wildman–Crippen LogP) is 3.13. The van der Waals surface area contributed by atoms with Crippen LogP contribution >= 0.6 is 11.6 Å². The van der Waals surface area contributed by atoms with Crippen molar-refractivity contribution in [3.63, 3.8) is 0 Å². The summed E-state index contributed by atoms with van der Waals surface area (Å²) in [4.78, 5) is 24.5. The topological polar surface area (TPSA) is 69.6 Å². The molecule has 1 aliphatic carbocycles. The van der Waals surface area contributed by atoms with E-state index in [1.165, 1.54) is 17.7 Å². The Morgan fingerprint density at radius 3 is 2.76 bits per heavy atom. The molecule has 0 radical (unpaired) electrons. The van der Waals surface area contributed by atoms with Gasteiger partial charge in [-0.25, -0.2) is 4.79 Å². The second kappa shape index (κ2) is 6.80. The molecule has 21 heavy (non-hydrogen) atoms. The largest absolute Gasteiger partial charge is 0.480 e. The van der Waals surface area contributed by atoms with Crippen molar-refractivity contribution in [3.8, 4) is 0 Å². The second-order valence-corrected chi connectivity index (χ2v) is 5.93. The number of amides is 2. The molecule has 1 unspecified atom stereocenters. The van der Waals surface area contributed by atoms with Crippen molar-refractivity contribution in [1.29, 1.82) is 0 Å². The fraction of sp³-hybridized carbons (Fsp3) is 0.467. The van der Waals surface area contributed by atoms with Gasteiger partial charge >= 0.3 is 12.0 Å². The molecule has 0 spiro atoms. The van der Waals surface area contributed by atoms with Gasteiger partial charge in [-0.3, -0.25) is 9.69 Å². The Bertz CT molecular complexity index is 531. The van der Waals surface area contributed by atoms with Crippen LogP contribution in [0.15, 0.2) is 24.3 Å². The lowest BCUT2D eigenvalue weighted by Gasteiger charge is -2.24. The summed E-state index contributed by atoms with van der Waals surface area (Å²) >= 11 is 5.91. The van der Waals surface area contributed by atoms with E-state index in [4.69, 9.17) is 16.7 Å². The third-order valence-electron chi connectivity index (χ3n) is 3.41. The van der Waals surface area contributed by atoms with Gasteiger partial charge in [-0.15, -0.1) is 0 Å². The number of benzene rings is 1. The lowest BCUT2D eigenvalue weighted by atomic mass is 10.1. The van der Waals surface area contributed by atoms with Crippen molar-refractivity contribution in [2.45, 2.75) is 32.2 Å². The number of rotatable bonds is 6. The number of carboxylic acids is 1. The Morgan fingerprint density at radius 1 is 1.48 bits per heavy atom. The molecule has 1 aliphatic rings. The average molecular weight is 311 g/mol. The Balaban J connectivity index is 2.06. The van der Waals surface area contributed by atoms with Gasteiger partial charge in [0.05, 0.1) is 0 Å². The summed E-state index contributed by atoms with van der Waals surface area (Å²) in [6, 6.07) is 6.23. The Kier molecular flexibility index (Phi) is 5.07. The number of carboxylic acid groups (broad SMARTS) is 1. The molecule has 0 saturated heterocycles. The summed E-state index contributed by atoms with van der Waals surface area (Å²) in [5.41, 5.74) is 0.473. The molecule has 0 aromatic heterocycles. The van der Waals surface area contributed by atoms with E-state index in [0.29, 0.717) is 16.6 Å². The predicted molar refractivity (Wildman–Crippen MR) is 81.8 cm³/mol. The van der Waals surface area contributed by atoms with E-state index in [9.17, 15) is 9.59 Å². The molecule has 0 heterocycles. The van der Waals surface area contributed by atoms with E-state index in [0.717, 1.165) is 6.42 Å². The van der Waals surface area contributed by atoms with Crippen LogP contribution in [-0.2, 0) is 4.79 Å². The highest BCUT2D eigenvalue weighted by atomic mass is 35.5. The number of carbonyl (C=O) groups is 2. The summed E-state index contributed by atoms with van der Waals surface area (Å²) in [5, 5.41) is 12.3. The maximum atomic E-state index is 12.3. The Hall–Kier alpha value is -1.75. The fourth-order valence-corrected chi connectivity index (χ4v) is 2.45. The van der Waals surface area contributed by atoms with Crippen molar-refractivity contribution in [2.24, 2.45) is 5.92 Å². The normalized spacial score (nSPS) is 15.3. The summed E-state index contributed by atoms with van der Waals surface area (Å²) < 4.78 is 0. The maximum absolute atomic E-state index is 12.3. The zero-order valence-corrected chi connectivity index (χ0v) is 12.6. The monoisotopic (exact) mass is 310 g/mol. The van der Waals surface area contributed by atoms with Gasteiger partial charge in [0.1, 0.15) is 6.54 Å². The van der Waals surface area contributed by atoms with Crippen molar-refractivity contribution in [2.75, 3.05) is 11.4 Å². The van der Waals surface area contributed by atoms with Gasteiger partial charge < -0.3 is 10.4 Å². The average Bonchev–Trinajstić information content (AvgIpc) is 3.19. The molecule has 0 aliphatic heterocycles.